The predicted octanol–water partition coefficient (Wildman–Crippen LogP) is 0.977. The Bertz CT molecular complexity index is 465. The van der Waals surface area contributed by atoms with Crippen molar-refractivity contribution in [1.82, 2.24) is 10.0 Å². The molecule has 0 saturated carbocycles. The smallest absolute Gasteiger partial charge is 0.243 e. The zero-order chi connectivity index (χ0) is 12.2. The molecule has 0 unspecified atom stereocenters. The number of benzene rings is 1. The van der Waals surface area contributed by atoms with Crippen LogP contribution in [0, 0.1) is 5.82 Å². The van der Waals surface area contributed by atoms with Gasteiger partial charge >= 0.3 is 0 Å². The third kappa shape index (κ3) is 3.41. The Morgan fingerprint density at radius 1 is 1.38 bits per heavy atom. The average molecular weight is 267 g/mol. The predicted molar refractivity (Wildman–Crippen MR) is 60.5 cm³/mol. The molecule has 1 aromatic carbocycles. The molecule has 16 heavy (non-hydrogen) atoms. The van der Waals surface area contributed by atoms with Crippen LogP contribution in [0.1, 0.15) is 0 Å². The molecule has 4 nitrogen and oxygen atoms in total. The van der Waals surface area contributed by atoms with Gasteiger partial charge in [0.15, 0.2) is 0 Å². The molecule has 0 atom stereocenters. The molecule has 90 valence electrons. The number of likely N-dealkylation sites (N-methyl/N-ethyl adjacent to an activating group) is 1. The van der Waals surface area contributed by atoms with Crippen molar-refractivity contribution in [1.29, 1.82) is 0 Å². The molecule has 0 saturated heterocycles. The third-order valence-corrected chi connectivity index (χ3v) is 3.58. The fourth-order valence-electron chi connectivity index (χ4n) is 1.08. The number of halogens is 2. The summed E-state index contributed by atoms with van der Waals surface area (Å²) in [6.45, 7) is 0.662. The maximum atomic E-state index is 13.3. The van der Waals surface area contributed by atoms with E-state index in [1.54, 1.807) is 7.05 Å². The van der Waals surface area contributed by atoms with Crippen LogP contribution < -0.4 is 10.0 Å². The molecule has 1 rings (SSSR count). The first-order valence-electron chi connectivity index (χ1n) is 4.56. The first-order valence-corrected chi connectivity index (χ1v) is 6.43. The van der Waals surface area contributed by atoms with Crippen molar-refractivity contribution < 1.29 is 12.8 Å². The molecule has 0 aliphatic heterocycles. The zero-order valence-electron chi connectivity index (χ0n) is 8.63. The van der Waals surface area contributed by atoms with Crippen LogP contribution in [-0.4, -0.2) is 28.6 Å². The van der Waals surface area contributed by atoms with E-state index in [2.05, 4.69) is 10.0 Å². The van der Waals surface area contributed by atoms with Crippen molar-refractivity contribution in [3.05, 3.63) is 29.0 Å². The maximum Gasteiger partial charge on any atom is 0.243 e. The molecule has 1 aromatic rings. The van der Waals surface area contributed by atoms with Gasteiger partial charge in [0.25, 0.3) is 0 Å². The highest BCUT2D eigenvalue weighted by Gasteiger charge is 2.18. The Kier molecular flexibility index (Phi) is 4.67. The molecule has 0 aromatic heterocycles. The molecule has 0 spiro atoms. The number of hydrogen-bond donors (Lipinski definition) is 2. The summed E-state index contributed by atoms with van der Waals surface area (Å²) < 4.78 is 38.8. The van der Waals surface area contributed by atoms with Gasteiger partial charge in [0.1, 0.15) is 10.7 Å². The van der Waals surface area contributed by atoms with Gasteiger partial charge in [0, 0.05) is 18.1 Å². The summed E-state index contributed by atoms with van der Waals surface area (Å²) in [6, 6.07) is 3.44. The van der Waals surface area contributed by atoms with Crippen LogP contribution in [0.4, 0.5) is 4.39 Å². The highest BCUT2D eigenvalue weighted by Crippen LogP contribution is 2.18. The first kappa shape index (κ1) is 13.4. The van der Waals surface area contributed by atoms with Crippen LogP contribution in [0.5, 0.6) is 0 Å². The Labute approximate surface area is 98.9 Å². The van der Waals surface area contributed by atoms with Crippen molar-refractivity contribution in [2.75, 3.05) is 20.1 Å². The number of hydrogen-bond acceptors (Lipinski definition) is 3. The monoisotopic (exact) mass is 266 g/mol. The topological polar surface area (TPSA) is 58.2 Å². The van der Waals surface area contributed by atoms with E-state index >= 15 is 0 Å². The van der Waals surface area contributed by atoms with E-state index in [9.17, 15) is 12.8 Å². The Morgan fingerprint density at radius 3 is 2.62 bits per heavy atom. The molecule has 0 radical (unpaired) electrons. The van der Waals surface area contributed by atoms with Crippen molar-refractivity contribution in [2.45, 2.75) is 4.90 Å². The van der Waals surface area contributed by atoms with Gasteiger partial charge in [0.2, 0.25) is 10.0 Å². The van der Waals surface area contributed by atoms with Crippen molar-refractivity contribution in [3.63, 3.8) is 0 Å². The van der Waals surface area contributed by atoms with Crippen LogP contribution in [0.15, 0.2) is 23.1 Å². The lowest BCUT2D eigenvalue weighted by atomic mass is 10.3. The van der Waals surface area contributed by atoms with Crippen LogP contribution in [0.25, 0.3) is 0 Å². The van der Waals surface area contributed by atoms with E-state index in [1.807, 2.05) is 0 Å². The van der Waals surface area contributed by atoms with Gasteiger partial charge in [-0.25, -0.2) is 17.5 Å². The third-order valence-electron chi connectivity index (χ3n) is 1.85. The van der Waals surface area contributed by atoms with E-state index < -0.39 is 20.7 Å². The maximum absolute atomic E-state index is 13.3. The summed E-state index contributed by atoms with van der Waals surface area (Å²) in [6.07, 6.45) is 0. The highest BCUT2D eigenvalue weighted by molar-refractivity contribution is 7.89. The lowest BCUT2D eigenvalue weighted by Gasteiger charge is -2.07. The Balaban J connectivity index is 2.90. The van der Waals surface area contributed by atoms with Crippen LogP contribution in [0.2, 0.25) is 5.02 Å². The van der Waals surface area contributed by atoms with E-state index in [1.165, 1.54) is 6.07 Å². The second kappa shape index (κ2) is 5.58. The van der Waals surface area contributed by atoms with Gasteiger partial charge in [-0.3, -0.25) is 0 Å². The summed E-state index contributed by atoms with van der Waals surface area (Å²) in [5.41, 5.74) is 0. The average Bonchev–Trinajstić information content (AvgIpc) is 2.17. The molecule has 2 N–H and O–H groups in total. The summed E-state index contributed by atoms with van der Waals surface area (Å²) in [7, 11) is -2.11. The second-order valence-electron chi connectivity index (χ2n) is 3.08. The van der Waals surface area contributed by atoms with Gasteiger partial charge in [0.05, 0.1) is 0 Å². The molecule has 7 heteroatoms. The zero-order valence-corrected chi connectivity index (χ0v) is 10.2. The Hall–Kier alpha value is -0.690. The number of sulfonamides is 1. The van der Waals surface area contributed by atoms with Gasteiger partial charge in [-0.1, -0.05) is 11.6 Å². The lowest BCUT2D eigenvalue weighted by Crippen LogP contribution is -2.31. The van der Waals surface area contributed by atoms with Crippen molar-refractivity contribution >= 4 is 21.6 Å². The largest absolute Gasteiger partial charge is 0.318 e. The molecule has 0 fully saturated rings. The minimum absolute atomic E-state index is 0.159. The molecule has 0 aliphatic carbocycles. The SMILES string of the molecule is CNCCNS(=O)(=O)c1ccc(Cl)cc1F. The molecular formula is C9H12ClFN2O2S. The van der Waals surface area contributed by atoms with Gasteiger partial charge in [-0.15, -0.1) is 0 Å². The molecule has 0 amide bonds. The van der Waals surface area contributed by atoms with Crippen molar-refractivity contribution in [2.24, 2.45) is 0 Å². The normalized spacial score (nSPS) is 11.7. The van der Waals surface area contributed by atoms with E-state index in [0.29, 0.717) is 6.54 Å². The summed E-state index contributed by atoms with van der Waals surface area (Å²) in [5.74, 6) is -0.857. The fourth-order valence-corrected chi connectivity index (χ4v) is 2.33. The number of rotatable bonds is 5. The van der Waals surface area contributed by atoms with Gasteiger partial charge in [-0.2, -0.15) is 0 Å². The minimum atomic E-state index is -3.80. The lowest BCUT2D eigenvalue weighted by molar-refractivity contribution is 0.556. The Morgan fingerprint density at radius 2 is 2.06 bits per heavy atom. The van der Waals surface area contributed by atoms with Crippen LogP contribution in [-0.2, 0) is 10.0 Å². The quantitative estimate of drug-likeness (QED) is 0.781. The molecule has 0 bridgehead atoms. The highest BCUT2D eigenvalue weighted by atomic mass is 35.5. The standard InChI is InChI=1S/C9H12ClFN2O2S/c1-12-4-5-13-16(14,15)9-3-2-7(10)6-8(9)11/h2-3,6,12-13H,4-5H2,1H3. The van der Waals surface area contributed by atoms with E-state index in [-0.39, 0.29) is 11.6 Å². The van der Waals surface area contributed by atoms with Gasteiger partial charge < -0.3 is 5.32 Å². The minimum Gasteiger partial charge on any atom is -0.318 e. The number of nitrogens with one attached hydrogen (secondary N) is 2. The van der Waals surface area contributed by atoms with E-state index in [0.717, 1.165) is 12.1 Å². The fraction of sp³-hybridized carbons (Fsp3) is 0.333. The van der Waals surface area contributed by atoms with Crippen molar-refractivity contribution in [3.8, 4) is 0 Å². The second-order valence-corrected chi connectivity index (χ2v) is 5.25. The molecule has 0 heterocycles. The summed E-state index contributed by atoms with van der Waals surface area (Å²) in [5, 5.41) is 2.93. The summed E-state index contributed by atoms with van der Waals surface area (Å²) >= 11 is 5.53. The first-order chi connectivity index (χ1) is 7.47. The molecular weight excluding hydrogens is 255 g/mol. The van der Waals surface area contributed by atoms with Crippen LogP contribution in [0.3, 0.4) is 0 Å². The van der Waals surface area contributed by atoms with Gasteiger partial charge in [-0.05, 0) is 25.2 Å². The molecule has 0 aliphatic rings. The summed E-state index contributed by atoms with van der Waals surface area (Å²) in [4.78, 5) is -0.395. The van der Waals surface area contributed by atoms with Crippen LogP contribution >= 0.6 is 11.6 Å². The van der Waals surface area contributed by atoms with E-state index in [4.69, 9.17) is 11.6 Å².